The van der Waals surface area contributed by atoms with Crippen LogP contribution >= 0.6 is 0 Å². The molecular formula is C14H19NO4. The van der Waals surface area contributed by atoms with Crippen LogP contribution in [0.25, 0.3) is 0 Å². The lowest BCUT2D eigenvalue weighted by Crippen LogP contribution is -2.42. The molecule has 0 aliphatic heterocycles. The molecule has 2 N–H and O–H groups in total. The molecule has 0 bridgehead atoms. The molecule has 1 aromatic carbocycles. The lowest BCUT2D eigenvalue weighted by Gasteiger charge is -2.20. The predicted octanol–water partition coefficient (Wildman–Crippen LogP) is 1.25. The Morgan fingerprint density at radius 1 is 1.21 bits per heavy atom. The van der Waals surface area contributed by atoms with Gasteiger partial charge in [-0.15, -0.1) is 0 Å². The minimum atomic E-state index is -0.562. The van der Waals surface area contributed by atoms with Crippen LogP contribution in [-0.4, -0.2) is 29.1 Å². The monoisotopic (exact) mass is 265 g/mol. The number of rotatable bonds is 4. The molecule has 0 saturated heterocycles. The van der Waals surface area contributed by atoms with Crippen LogP contribution in [0, 0.1) is 0 Å². The van der Waals surface area contributed by atoms with Gasteiger partial charge in [0.25, 0.3) is 5.91 Å². The molecule has 0 saturated carbocycles. The Labute approximate surface area is 112 Å². The number of aliphatic hydroxyl groups excluding tert-OH is 1. The van der Waals surface area contributed by atoms with Crippen LogP contribution in [0.4, 0.5) is 0 Å². The summed E-state index contributed by atoms with van der Waals surface area (Å²) >= 11 is 0. The van der Waals surface area contributed by atoms with E-state index >= 15 is 0 Å². The summed E-state index contributed by atoms with van der Waals surface area (Å²) < 4.78 is 4.90. The lowest BCUT2D eigenvalue weighted by atomic mass is 10.1. The maximum absolute atomic E-state index is 11.6. The van der Waals surface area contributed by atoms with E-state index in [1.165, 1.54) is 0 Å². The number of carbonyl (C=O) groups is 2. The Kier molecular flexibility index (Phi) is 5.06. The van der Waals surface area contributed by atoms with E-state index < -0.39 is 5.97 Å². The van der Waals surface area contributed by atoms with Gasteiger partial charge >= 0.3 is 5.97 Å². The van der Waals surface area contributed by atoms with Crippen LogP contribution in [0.1, 0.15) is 36.7 Å². The fraction of sp³-hybridized carbons (Fsp3) is 0.429. The van der Waals surface area contributed by atoms with E-state index in [-0.39, 0.29) is 24.7 Å². The van der Waals surface area contributed by atoms with Crippen molar-refractivity contribution in [1.29, 1.82) is 0 Å². The highest BCUT2D eigenvalue weighted by molar-refractivity contribution is 5.91. The number of esters is 1. The van der Waals surface area contributed by atoms with Crippen molar-refractivity contribution in [2.75, 3.05) is 6.61 Å². The number of hydrogen-bond acceptors (Lipinski definition) is 4. The first kappa shape index (κ1) is 15.2. The second kappa shape index (κ2) is 6.33. The van der Waals surface area contributed by atoms with Crippen LogP contribution < -0.4 is 5.32 Å². The Hall–Kier alpha value is -1.88. The second-order valence-corrected chi connectivity index (χ2v) is 5.23. The van der Waals surface area contributed by atoms with Gasteiger partial charge in [0.2, 0.25) is 0 Å². The molecule has 0 spiro atoms. The SMILES string of the molecule is CC(C)(C)NC(=O)COC(=O)c1ccc(CO)cc1. The fourth-order valence-electron chi connectivity index (χ4n) is 1.42. The van der Waals surface area contributed by atoms with Crippen molar-refractivity contribution in [1.82, 2.24) is 5.32 Å². The van der Waals surface area contributed by atoms with Crippen LogP contribution in [0.2, 0.25) is 0 Å². The molecule has 0 atom stereocenters. The van der Waals surface area contributed by atoms with Gasteiger partial charge in [0.15, 0.2) is 6.61 Å². The van der Waals surface area contributed by atoms with Gasteiger partial charge in [-0.3, -0.25) is 4.79 Å². The number of hydrogen-bond donors (Lipinski definition) is 2. The van der Waals surface area contributed by atoms with Gasteiger partial charge in [-0.05, 0) is 38.5 Å². The lowest BCUT2D eigenvalue weighted by molar-refractivity contribution is -0.125. The molecule has 19 heavy (non-hydrogen) atoms. The van der Waals surface area contributed by atoms with E-state index in [9.17, 15) is 9.59 Å². The minimum absolute atomic E-state index is 0.0800. The molecule has 0 aromatic heterocycles. The average Bonchev–Trinajstić information content (AvgIpc) is 2.34. The van der Waals surface area contributed by atoms with E-state index in [1.807, 2.05) is 20.8 Å². The molecule has 0 fully saturated rings. The van der Waals surface area contributed by atoms with Crippen molar-refractivity contribution in [3.63, 3.8) is 0 Å². The Morgan fingerprint density at radius 3 is 2.26 bits per heavy atom. The molecule has 1 amide bonds. The Balaban J connectivity index is 2.49. The van der Waals surface area contributed by atoms with Gasteiger partial charge in [-0.25, -0.2) is 4.79 Å². The normalized spacial score (nSPS) is 10.9. The fourth-order valence-corrected chi connectivity index (χ4v) is 1.42. The highest BCUT2D eigenvalue weighted by Gasteiger charge is 2.15. The first-order chi connectivity index (χ1) is 8.81. The molecular weight excluding hydrogens is 246 g/mol. The zero-order chi connectivity index (χ0) is 14.5. The number of amides is 1. The minimum Gasteiger partial charge on any atom is -0.452 e. The number of aliphatic hydroxyl groups is 1. The van der Waals surface area contributed by atoms with E-state index in [2.05, 4.69) is 5.32 Å². The molecule has 1 rings (SSSR count). The number of nitrogens with one attached hydrogen (secondary N) is 1. The quantitative estimate of drug-likeness (QED) is 0.803. The summed E-state index contributed by atoms with van der Waals surface area (Å²) in [5.74, 6) is -0.902. The highest BCUT2D eigenvalue weighted by atomic mass is 16.5. The summed E-state index contributed by atoms with van der Waals surface area (Å²) in [6.45, 7) is 5.15. The zero-order valence-electron chi connectivity index (χ0n) is 11.4. The molecule has 1 aromatic rings. The van der Waals surface area contributed by atoms with Crippen molar-refractivity contribution in [2.45, 2.75) is 32.9 Å². The van der Waals surface area contributed by atoms with E-state index in [4.69, 9.17) is 9.84 Å². The summed E-state index contributed by atoms with van der Waals surface area (Å²) in [5, 5.41) is 11.6. The third-order valence-corrected chi connectivity index (χ3v) is 2.22. The molecule has 0 unspecified atom stereocenters. The maximum Gasteiger partial charge on any atom is 0.338 e. The highest BCUT2D eigenvalue weighted by Crippen LogP contribution is 2.06. The molecule has 104 valence electrons. The largest absolute Gasteiger partial charge is 0.452 e. The van der Waals surface area contributed by atoms with Gasteiger partial charge in [-0.1, -0.05) is 12.1 Å². The van der Waals surface area contributed by atoms with Gasteiger partial charge in [0, 0.05) is 5.54 Å². The molecule has 5 nitrogen and oxygen atoms in total. The summed E-state index contributed by atoms with van der Waals surface area (Å²) in [6, 6.07) is 6.36. The van der Waals surface area contributed by atoms with E-state index in [0.29, 0.717) is 11.1 Å². The molecule has 0 radical (unpaired) electrons. The van der Waals surface area contributed by atoms with Crippen molar-refractivity contribution in [2.24, 2.45) is 0 Å². The van der Waals surface area contributed by atoms with Crippen LogP contribution in [-0.2, 0) is 16.1 Å². The molecule has 0 heterocycles. The average molecular weight is 265 g/mol. The van der Waals surface area contributed by atoms with Crippen LogP contribution in [0.15, 0.2) is 24.3 Å². The Bertz CT molecular complexity index is 446. The molecule has 0 aliphatic rings. The summed E-state index contributed by atoms with van der Waals surface area (Å²) in [7, 11) is 0. The topological polar surface area (TPSA) is 75.6 Å². The summed E-state index contributed by atoms with van der Waals surface area (Å²) in [4.78, 5) is 23.1. The van der Waals surface area contributed by atoms with Gasteiger partial charge in [-0.2, -0.15) is 0 Å². The second-order valence-electron chi connectivity index (χ2n) is 5.23. The number of benzene rings is 1. The third kappa shape index (κ3) is 5.52. The van der Waals surface area contributed by atoms with E-state index in [0.717, 1.165) is 0 Å². The standard InChI is InChI=1S/C14H19NO4/c1-14(2,3)15-12(17)9-19-13(18)11-6-4-10(8-16)5-7-11/h4-7,16H,8-9H2,1-3H3,(H,15,17). The first-order valence-electron chi connectivity index (χ1n) is 6.00. The van der Waals surface area contributed by atoms with Crippen LogP contribution in [0.5, 0.6) is 0 Å². The van der Waals surface area contributed by atoms with Gasteiger partial charge < -0.3 is 15.2 Å². The predicted molar refractivity (Wildman–Crippen MR) is 70.5 cm³/mol. The molecule has 5 heteroatoms. The van der Waals surface area contributed by atoms with Gasteiger partial charge in [0.1, 0.15) is 0 Å². The Morgan fingerprint density at radius 2 is 1.79 bits per heavy atom. The number of carbonyl (C=O) groups excluding carboxylic acids is 2. The first-order valence-corrected chi connectivity index (χ1v) is 6.00. The van der Waals surface area contributed by atoms with Crippen LogP contribution in [0.3, 0.4) is 0 Å². The summed E-state index contributed by atoms with van der Waals surface area (Å²) in [5.41, 5.74) is 0.703. The van der Waals surface area contributed by atoms with Crippen molar-refractivity contribution in [3.05, 3.63) is 35.4 Å². The molecule has 0 aliphatic carbocycles. The third-order valence-electron chi connectivity index (χ3n) is 2.22. The van der Waals surface area contributed by atoms with Gasteiger partial charge in [0.05, 0.1) is 12.2 Å². The summed E-state index contributed by atoms with van der Waals surface area (Å²) in [6.07, 6.45) is 0. The van der Waals surface area contributed by atoms with Crippen molar-refractivity contribution in [3.8, 4) is 0 Å². The smallest absolute Gasteiger partial charge is 0.338 e. The van der Waals surface area contributed by atoms with Crippen molar-refractivity contribution < 1.29 is 19.4 Å². The maximum atomic E-state index is 11.6. The van der Waals surface area contributed by atoms with E-state index in [1.54, 1.807) is 24.3 Å². The zero-order valence-corrected chi connectivity index (χ0v) is 11.4. The van der Waals surface area contributed by atoms with Crippen molar-refractivity contribution >= 4 is 11.9 Å². The number of ether oxygens (including phenoxy) is 1.